The molecular weight excluding hydrogens is 419 g/mol. The Morgan fingerprint density at radius 3 is 2.35 bits per heavy atom. The molecule has 0 radical (unpaired) electrons. The van der Waals surface area contributed by atoms with Gasteiger partial charge in [0, 0.05) is 5.56 Å². The van der Waals surface area contributed by atoms with Crippen LogP contribution in [0.3, 0.4) is 0 Å². The molecule has 0 fully saturated rings. The molecule has 8 heteroatoms. The summed E-state index contributed by atoms with van der Waals surface area (Å²) in [5.41, 5.74) is 0.592. The summed E-state index contributed by atoms with van der Waals surface area (Å²) in [6.07, 6.45) is 5.46. The van der Waals surface area contributed by atoms with E-state index >= 15 is 0 Å². The van der Waals surface area contributed by atoms with Gasteiger partial charge in [0.15, 0.2) is 16.3 Å². The van der Waals surface area contributed by atoms with Crippen molar-refractivity contribution in [3.63, 3.8) is 0 Å². The summed E-state index contributed by atoms with van der Waals surface area (Å²) in [5, 5.41) is 0. The number of benzene rings is 2. The number of carbonyl (C=O) groups excluding carboxylic acids is 1. The number of ether oxygens (including phenoxy) is 3. The van der Waals surface area contributed by atoms with Crippen LogP contribution in [-0.2, 0) is 6.54 Å². The van der Waals surface area contributed by atoms with Crippen LogP contribution < -0.4 is 19.0 Å². The quantitative estimate of drug-likeness (QED) is 0.485. The summed E-state index contributed by atoms with van der Waals surface area (Å²) < 4.78 is 33.6. The highest BCUT2D eigenvalue weighted by Gasteiger charge is 2.19. The van der Waals surface area contributed by atoms with E-state index in [2.05, 4.69) is 10.9 Å². The lowest BCUT2D eigenvalue weighted by Gasteiger charge is -2.16. The zero-order chi connectivity index (χ0) is 22.4. The first-order valence-electron chi connectivity index (χ1n) is 9.90. The highest BCUT2D eigenvalue weighted by molar-refractivity contribution is 7.16. The van der Waals surface area contributed by atoms with E-state index < -0.39 is 11.7 Å². The minimum absolute atomic E-state index is 0.0880. The van der Waals surface area contributed by atoms with Crippen molar-refractivity contribution in [3.05, 3.63) is 46.5 Å². The number of aromatic nitrogens is 1. The largest absolute Gasteiger partial charge is 0.490 e. The van der Waals surface area contributed by atoms with Crippen LogP contribution in [0.2, 0.25) is 0 Å². The Kier molecular flexibility index (Phi) is 7.32. The molecule has 1 heterocycles. The lowest BCUT2D eigenvalue weighted by atomic mass is 10.1. The number of terminal acetylenes is 1. The number of carbonyl (C=O) groups is 1. The van der Waals surface area contributed by atoms with Crippen LogP contribution in [0.5, 0.6) is 17.2 Å². The third-order valence-electron chi connectivity index (χ3n) is 4.25. The molecule has 0 saturated carbocycles. The maximum atomic E-state index is 14.4. The molecule has 0 atom stereocenters. The summed E-state index contributed by atoms with van der Waals surface area (Å²) in [6.45, 7) is 6.80. The van der Waals surface area contributed by atoms with Crippen molar-refractivity contribution in [2.24, 2.45) is 4.99 Å². The van der Waals surface area contributed by atoms with Crippen molar-refractivity contribution in [3.8, 4) is 29.6 Å². The van der Waals surface area contributed by atoms with Crippen molar-refractivity contribution in [1.29, 1.82) is 0 Å². The van der Waals surface area contributed by atoms with Gasteiger partial charge in [0.1, 0.15) is 5.82 Å². The van der Waals surface area contributed by atoms with Crippen LogP contribution in [-0.4, -0.2) is 30.3 Å². The van der Waals surface area contributed by atoms with Crippen LogP contribution in [0, 0.1) is 18.2 Å². The molecule has 3 aromatic rings. The van der Waals surface area contributed by atoms with E-state index in [0.717, 1.165) is 0 Å². The Bertz CT molecular complexity index is 1180. The predicted molar refractivity (Wildman–Crippen MR) is 118 cm³/mol. The summed E-state index contributed by atoms with van der Waals surface area (Å²) in [4.78, 5) is 17.6. The van der Waals surface area contributed by atoms with E-state index in [1.54, 1.807) is 24.3 Å². The lowest BCUT2D eigenvalue weighted by Crippen LogP contribution is -2.17. The zero-order valence-electron chi connectivity index (χ0n) is 17.6. The second-order valence-corrected chi connectivity index (χ2v) is 7.29. The fourth-order valence-electron chi connectivity index (χ4n) is 3.07. The number of fused-ring (bicyclic) bond motifs is 1. The molecule has 6 nitrogen and oxygen atoms in total. The molecule has 162 valence electrons. The van der Waals surface area contributed by atoms with E-state index in [1.807, 2.05) is 20.8 Å². The second-order valence-electron chi connectivity index (χ2n) is 6.28. The monoisotopic (exact) mass is 442 g/mol. The first-order valence-corrected chi connectivity index (χ1v) is 10.7. The van der Waals surface area contributed by atoms with Gasteiger partial charge in [0.05, 0.1) is 36.6 Å². The lowest BCUT2D eigenvalue weighted by molar-refractivity contribution is 0.0996. The number of amides is 1. The molecule has 0 aliphatic carbocycles. The van der Waals surface area contributed by atoms with Gasteiger partial charge in [0.25, 0.3) is 5.91 Å². The Morgan fingerprint density at radius 2 is 1.77 bits per heavy atom. The standard InChI is InChI=1S/C23H23FN2O4S/c1-5-12-26-20-16(24)10-9-11-19(20)31-23(26)25-22(27)15-13-17(28-6-2)21(30-8-4)18(14-15)29-7-3/h1,9-11,13-14H,6-8,12H2,2-4H3. The molecule has 1 aromatic heterocycles. The Labute approximate surface area is 183 Å². The number of thiazole rings is 1. The van der Waals surface area contributed by atoms with Gasteiger partial charge in [0.2, 0.25) is 5.75 Å². The van der Waals surface area contributed by atoms with Gasteiger partial charge >= 0.3 is 0 Å². The third-order valence-corrected chi connectivity index (χ3v) is 5.30. The molecule has 3 rings (SSSR count). The average molecular weight is 443 g/mol. The highest BCUT2D eigenvalue weighted by Crippen LogP contribution is 2.39. The van der Waals surface area contributed by atoms with E-state index in [-0.39, 0.29) is 12.1 Å². The summed E-state index contributed by atoms with van der Waals surface area (Å²) in [6, 6.07) is 7.86. The fraction of sp³-hybridized carbons (Fsp3) is 0.304. The molecule has 0 spiro atoms. The number of rotatable bonds is 8. The molecule has 0 aliphatic heterocycles. The molecule has 1 amide bonds. The van der Waals surface area contributed by atoms with E-state index in [4.69, 9.17) is 20.6 Å². The number of halogens is 1. The van der Waals surface area contributed by atoms with Crippen molar-refractivity contribution >= 4 is 27.5 Å². The molecule has 0 aliphatic rings. The number of nitrogens with zero attached hydrogens (tertiary/aromatic N) is 2. The van der Waals surface area contributed by atoms with Gasteiger partial charge < -0.3 is 18.8 Å². The normalized spacial score (nSPS) is 11.4. The van der Waals surface area contributed by atoms with Gasteiger partial charge in [-0.2, -0.15) is 4.99 Å². The predicted octanol–water partition coefficient (Wildman–Crippen LogP) is 4.41. The molecule has 2 aromatic carbocycles. The van der Waals surface area contributed by atoms with Crippen LogP contribution >= 0.6 is 11.3 Å². The van der Waals surface area contributed by atoms with Gasteiger partial charge in [-0.1, -0.05) is 23.3 Å². The van der Waals surface area contributed by atoms with Crippen LogP contribution in [0.15, 0.2) is 35.3 Å². The van der Waals surface area contributed by atoms with Gasteiger partial charge in [-0.25, -0.2) is 4.39 Å². The fourth-order valence-corrected chi connectivity index (χ4v) is 4.12. The van der Waals surface area contributed by atoms with Crippen LogP contribution in [0.4, 0.5) is 4.39 Å². The maximum absolute atomic E-state index is 14.4. The summed E-state index contributed by atoms with van der Waals surface area (Å²) >= 11 is 1.19. The highest BCUT2D eigenvalue weighted by atomic mass is 32.1. The van der Waals surface area contributed by atoms with Gasteiger partial charge in [-0.3, -0.25) is 4.79 Å². The zero-order valence-corrected chi connectivity index (χ0v) is 18.4. The van der Waals surface area contributed by atoms with Crippen molar-refractivity contribution in [2.75, 3.05) is 19.8 Å². The van der Waals surface area contributed by atoms with Crippen molar-refractivity contribution in [1.82, 2.24) is 4.57 Å². The summed E-state index contributed by atoms with van der Waals surface area (Å²) in [5.74, 6) is 2.78. The molecule has 0 N–H and O–H groups in total. The summed E-state index contributed by atoms with van der Waals surface area (Å²) in [7, 11) is 0. The van der Waals surface area contributed by atoms with Crippen molar-refractivity contribution < 1.29 is 23.4 Å². The topological polar surface area (TPSA) is 62.1 Å². The molecule has 31 heavy (non-hydrogen) atoms. The Hall–Kier alpha value is -3.31. The minimum Gasteiger partial charge on any atom is -0.490 e. The Balaban J connectivity index is 2.15. The van der Waals surface area contributed by atoms with E-state index in [1.165, 1.54) is 22.0 Å². The van der Waals surface area contributed by atoms with Gasteiger partial charge in [-0.15, -0.1) is 6.42 Å². The maximum Gasteiger partial charge on any atom is 0.279 e. The molecule has 0 bridgehead atoms. The van der Waals surface area contributed by atoms with E-state index in [9.17, 15) is 9.18 Å². The van der Waals surface area contributed by atoms with Crippen LogP contribution in [0.25, 0.3) is 10.2 Å². The van der Waals surface area contributed by atoms with Crippen molar-refractivity contribution in [2.45, 2.75) is 27.3 Å². The number of hydrogen-bond donors (Lipinski definition) is 0. The second kappa shape index (κ2) is 10.1. The van der Waals surface area contributed by atoms with Gasteiger partial charge in [-0.05, 0) is 45.0 Å². The molecule has 0 saturated heterocycles. The third kappa shape index (κ3) is 4.72. The first-order chi connectivity index (χ1) is 15.0. The van der Waals surface area contributed by atoms with E-state index in [0.29, 0.717) is 52.1 Å². The minimum atomic E-state index is -0.525. The first kappa shape index (κ1) is 22.4. The molecule has 0 unspecified atom stereocenters. The smallest absolute Gasteiger partial charge is 0.279 e. The average Bonchev–Trinajstić information content (AvgIpc) is 3.09. The SMILES string of the molecule is C#CCn1c(=NC(=O)c2cc(OCC)c(OCC)c(OCC)c2)sc2cccc(F)c21. The molecular formula is C23H23FN2O4S. The Morgan fingerprint density at radius 1 is 1.13 bits per heavy atom. The van der Waals surface area contributed by atoms with Crippen LogP contribution in [0.1, 0.15) is 31.1 Å². The number of para-hydroxylation sites is 1. The number of hydrogen-bond acceptors (Lipinski definition) is 5.